The van der Waals surface area contributed by atoms with E-state index in [0.29, 0.717) is 39.8 Å². The monoisotopic (exact) mass is 709 g/mol. The minimum atomic E-state index is -4.18. The molecule has 4 amide bonds. The molecule has 2 heterocycles. The highest BCUT2D eigenvalue weighted by Crippen LogP contribution is 2.30. The zero-order valence-electron chi connectivity index (χ0n) is 29.9. The number of carbonyl (C=O) groups excluding carboxylic acids is 5. The Morgan fingerprint density at radius 2 is 1.42 bits per heavy atom. The van der Waals surface area contributed by atoms with Crippen LogP contribution in [0.3, 0.4) is 0 Å². The summed E-state index contributed by atoms with van der Waals surface area (Å²) in [5.41, 5.74) is -0.201. The summed E-state index contributed by atoms with van der Waals surface area (Å²) in [5.74, 6) is -4.21. The van der Waals surface area contributed by atoms with Gasteiger partial charge in [-0.25, -0.2) is 0 Å². The lowest BCUT2D eigenvalue weighted by atomic mass is 9.93. The van der Waals surface area contributed by atoms with Gasteiger partial charge in [0.2, 0.25) is 17.7 Å². The van der Waals surface area contributed by atoms with E-state index in [0.717, 1.165) is 5.56 Å². The molecule has 0 radical (unpaired) electrons. The highest BCUT2D eigenvalue weighted by molar-refractivity contribution is 5.99. The van der Waals surface area contributed by atoms with Crippen LogP contribution >= 0.6 is 0 Å². The van der Waals surface area contributed by atoms with Gasteiger partial charge in [0.05, 0.1) is 32.4 Å². The second-order valence-electron chi connectivity index (χ2n) is 14.0. The predicted molar refractivity (Wildman–Crippen MR) is 180 cm³/mol. The maximum absolute atomic E-state index is 15.1. The standard InChI is InChI=1S/C35H53F2N5O8/c1-22(2)18-26(30(44)34(5)21-50-34)39-33(47)29(35(36,37)48-6)41-32(46)27(19-23(3)4)40-31(45)25(13-12-24-10-8-7-9-11-24)38-28(43)20-42-14-16-49-17-15-42/h7-11,22-23,25-27,29H,12-21H2,1-6H3,(H,38,43)(H,39,47)(H,40,45)(H,41,46)/t25-,26-,27-,29-,34+/m0/s1. The predicted octanol–water partition coefficient (Wildman–Crippen LogP) is 1.58. The van der Waals surface area contributed by atoms with Crippen molar-refractivity contribution in [1.29, 1.82) is 0 Å². The zero-order chi connectivity index (χ0) is 37.1. The molecule has 13 nitrogen and oxygen atoms in total. The van der Waals surface area contributed by atoms with Gasteiger partial charge < -0.3 is 35.5 Å². The Morgan fingerprint density at radius 1 is 0.860 bits per heavy atom. The molecule has 1 aromatic carbocycles. The smallest absolute Gasteiger partial charge is 0.379 e. The van der Waals surface area contributed by atoms with Gasteiger partial charge in [0, 0.05) is 20.2 Å². The number of nitrogens with one attached hydrogen (secondary N) is 4. The summed E-state index contributed by atoms with van der Waals surface area (Å²) in [6, 6.07) is 3.24. The second kappa shape index (κ2) is 18.6. The summed E-state index contributed by atoms with van der Waals surface area (Å²) in [6.07, 6.45) is -3.37. The van der Waals surface area contributed by atoms with Gasteiger partial charge >= 0.3 is 6.11 Å². The van der Waals surface area contributed by atoms with E-state index >= 15 is 8.78 Å². The number of hydrogen-bond donors (Lipinski definition) is 4. The number of alkyl halides is 2. The maximum Gasteiger partial charge on any atom is 0.384 e. The number of halogens is 2. The number of morpholine rings is 1. The third kappa shape index (κ3) is 12.7. The first-order valence-corrected chi connectivity index (χ1v) is 17.2. The van der Waals surface area contributed by atoms with Crippen molar-refractivity contribution in [2.75, 3.05) is 46.6 Å². The molecular formula is C35H53F2N5O8. The average Bonchev–Trinajstić information content (AvgIpc) is 3.82. The Labute approximate surface area is 292 Å². The molecule has 2 aliphatic heterocycles. The summed E-state index contributed by atoms with van der Waals surface area (Å²) in [5, 5.41) is 9.86. The van der Waals surface area contributed by atoms with E-state index in [4.69, 9.17) is 9.47 Å². The molecule has 0 aromatic heterocycles. The summed E-state index contributed by atoms with van der Waals surface area (Å²) < 4.78 is 45.2. The Balaban J connectivity index is 1.79. The number of amides is 4. The first-order chi connectivity index (χ1) is 23.5. The summed E-state index contributed by atoms with van der Waals surface area (Å²) in [4.78, 5) is 68.8. The Kier molecular flexibility index (Phi) is 15.2. The molecule has 3 rings (SSSR count). The van der Waals surface area contributed by atoms with Gasteiger partial charge in [-0.3, -0.25) is 28.9 Å². The maximum atomic E-state index is 15.1. The lowest BCUT2D eigenvalue weighted by Crippen LogP contribution is -2.63. The van der Waals surface area contributed by atoms with E-state index in [-0.39, 0.29) is 44.2 Å². The fourth-order valence-electron chi connectivity index (χ4n) is 5.64. The van der Waals surface area contributed by atoms with Gasteiger partial charge in [0.1, 0.15) is 17.7 Å². The SMILES string of the molecule is COC(F)(F)[C@@H](NC(=O)[C@H](CC(C)C)NC(=O)[C@H](CCc1ccccc1)NC(=O)CN1CCOCC1)C(=O)N[C@@H](CC(C)C)C(=O)[C@@]1(C)CO1. The molecule has 50 heavy (non-hydrogen) atoms. The van der Waals surface area contributed by atoms with E-state index in [9.17, 15) is 24.0 Å². The van der Waals surface area contributed by atoms with Gasteiger partial charge in [-0.05, 0) is 50.0 Å². The Bertz CT molecular complexity index is 1310. The number of epoxide rings is 1. The number of benzene rings is 1. The van der Waals surface area contributed by atoms with Crippen molar-refractivity contribution in [3.8, 4) is 0 Å². The molecule has 0 spiro atoms. The third-order valence-electron chi connectivity index (χ3n) is 8.62. The molecule has 15 heteroatoms. The van der Waals surface area contributed by atoms with Crippen LogP contribution in [0.25, 0.3) is 0 Å². The van der Waals surface area contributed by atoms with E-state index in [1.165, 1.54) is 0 Å². The van der Waals surface area contributed by atoms with Crippen LogP contribution in [0, 0.1) is 11.8 Å². The number of rotatable bonds is 20. The lowest BCUT2D eigenvalue weighted by Gasteiger charge is -2.30. The molecule has 280 valence electrons. The summed E-state index contributed by atoms with van der Waals surface area (Å²) >= 11 is 0. The van der Waals surface area contributed by atoms with E-state index in [1.54, 1.807) is 20.8 Å². The largest absolute Gasteiger partial charge is 0.384 e. The molecule has 2 saturated heterocycles. The van der Waals surface area contributed by atoms with E-state index in [2.05, 4.69) is 26.0 Å². The van der Waals surface area contributed by atoms with Crippen molar-refractivity contribution in [3.63, 3.8) is 0 Å². The first kappa shape index (κ1) is 40.9. The average molecular weight is 710 g/mol. The highest BCUT2D eigenvalue weighted by atomic mass is 19.3. The number of ether oxygens (including phenoxy) is 3. The van der Waals surface area contributed by atoms with Crippen LogP contribution < -0.4 is 21.3 Å². The van der Waals surface area contributed by atoms with Crippen molar-refractivity contribution in [1.82, 2.24) is 26.2 Å². The van der Waals surface area contributed by atoms with Crippen molar-refractivity contribution in [2.45, 2.75) is 96.2 Å². The van der Waals surface area contributed by atoms with Gasteiger partial charge in [-0.2, -0.15) is 8.78 Å². The summed E-state index contributed by atoms with van der Waals surface area (Å²) in [6.45, 7) is 11.0. The van der Waals surface area contributed by atoms with Gasteiger partial charge in [-0.1, -0.05) is 58.0 Å². The van der Waals surface area contributed by atoms with Crippen LogP contribution in [0.1, 0.15) is 59.4 Å². The third-order valence-corrected chi connectivity index (χ3v) is 8.62. The van der Waals surface area contributed by atoms with Crippen LogP contribution in [0.5, 0.6) is 0 Å². The van der Waals surface area contributed by atoms with Crippen LogP contribution in [-0.2, 0) is 44.6 Å². The van der Waals surface area contributed by atoms with Crippen LogP contribution in [0.15, 0.2) is 30.3 Å². The fraction of sp³-hybridized carbons (Fsp3) is 0.686. The molecule has 0 unspecified atom stereocenters. The van der Waals surface area contributed by atoms with Gasteiger partial charge in [-0.15, -0.1) is 0 Å². The van der Waals surface area contributed by atoms with Crippen molar-refractivity contribution >= 4 is 29.4 Å². The molecule has 0 bridgehead atoms. The normalized spacial score (nSPS) is 20.4. The number of Topliss-reactive ketones (excluding diaryl/α,β-unsaturated/α-hetero) is 1. The Hall–Kier alpha value is -3.53. The minimum Gasteiger partial charge on any atom is -0.379 e. The second-order valence-corrected chi connectivity index (χ2v) is 14.0. The number of hydrogen-bond acceptors (Lipinski definition) is 9. The minimum absolute atomic E-state index is 0.0295. The number of ketones is 1. The first-order valence-electron chi connectivity index (χ1n) is 17.2. The number of methoxy groups -OCH3 is 1. The van der Waals surface area contributed by atoms with Crippen molar-refractivity contribution < 1.29 is 47.0 Å². The van der Waals surface area contributed by atoms with Gasteiger partial charge in [0.25, 0.3) is 5.91 Å². The molecule has 2 fully saturated rings. The molecular weight excluding hydrogens is 656 g/mol. The number of aryl methyl sites for hydroxylation is 1. The van der Waals surface area contributed by atoms with Crippen molar-refractivity contribution in [2.24, 2.45) is 11.8 Å². The molecule has 1 aromatic rings. The Morgan fingerprint density at radius 3 is 1.98 bits per heavy atom. The van der Waals surface area contributed by atoms with Crippen LogP contribution in [0.4, 0.5) is 8.78 Å². The van der Waals surface area contributed by atoms with Crippen LogP contribution in [0.2, 0.25) is 0 Å². The van der Waals surface area contributed by atoms with E-state index in [1.807, 2.05) is 49.1 Å². The highest BCUT2D eigenvalue weighted by Gasteiger charge is 2.52. The topological polar surface area (TPSA) is 168 Å². The number of nitrogens with zero attached hydrogens (tertiary/aromatic N) is 1. The zero-order valence-corrected chi connectivity index (χ0v) is 29.9. The molecule has 0 saturated carbocycles. The lowest BCUT2D eigenvalue weighted by molar-refractivity contribution is -0.238. The van der Waals surface area contributed by atoms with Gasteiger partial charge in [0.15, 0.2) is 11.8 Å². The molecule has 4 N–H and O–H groups in total. The van der Waals surface area contributed by atoms with Crippen LogP contribution in [-0.4, -0.2) is 117 Å². The summed E-state index contributed by atoms with van der Waals surface area (Å²) in [7, 11) is 0.687. The quantitative estimate of drug-likeness (QED) is 0.147. The molecule has 0 aliphatic carbocycles. The van der Waals surface area contributed by atoms with Crippen molar-refractivity contribution in [3.05, 3.63) is 35.9 Å². The molecule has 5 atom stereocenters. The number of carbonyl (C=O) groups is 5. The molecule has 2 aliphatic rings. The van der Waals surface area contributed by atoms with E-state index < -0.39 is 65.3 Å². The fourth-order valence-corrected chi connectivity index (χ4v) is 5.64.